The summed E-state index contributed by atoms with van der Waals surface area (Å²) >= 11 is 6.41. The molecule has 2 bridgehead atoms. The number of nitrogens with one attached hydrogen (secondary N) is 1. The Morgan fingerprint density at radius 2 is 1.79 bits per heavy atom. The van der Waals surface area contributed by atoms with Crippen LogP contribution in [0, 0.1) is 17.8 Å². The van der Waals surface area contributed by atoms with Crippen LogP contribution < -0.4 is 14.4 Å². The van der Waals surface area contributed by atoms with Gasteiger partial charge in [-0.3, -0.25) is 14.6 Å². The molecule has 0 unspecified atom stereocenters. The third-order valence-corrected chi connectivity index (χ3v) is 16.6. The zero-order valence-electron chi connectivity index (χ0n) is 33.2. The third kappa shape index (κ3) is 8.96. The number of piperazine rings is 2. The van der Waals surface area contributed by atoms with Gasteiger partial charge in [0.15, 0.2) is 0 Å². The molecule has 1 saturated carbocycles. The van der Waals surface area contributed by atoms with E-state index in [0.717, 1.165) is 88.2 Å². The van der Waals surface area contributed by atoms with Gasteiger partial charge in [0.2, 0.25) is 20.0 Å². The molecule has 1 amide bonds. The van der Waals surface area contributed by atoms with E-state index in [9.17, 15) is 21.6 Å². The van der Waals surface area contributed by atoms with Crippen LogP contribution in [0.2, 0.25) is 5.02 Å². The van der Waals surface area contributed by atoms with Gasteiger partial charge in [0.25, 0.3) is 5.91 Å². The number of allylic oxidation sites excluding steroid dienone is 1. The first-order valence-corrected chi connectivity index (χ1v) is 23.9. The molecule has 0 radical (unpaired) electrons. The minimum absolute atomic E-state index is 0.0979. The molecule has 0 aromatic heterocycles. The zero-order valence-corrected chi connectivity index (χ0v) is 35.5. The van der Waals surface area contributed by atoms with E-state index in [4.69, 9.17) is 21.1 Å². The van der Waals surface area contributed by atoms with Crippen molar-refractivity contribution in [3.8, 4) is 5.75 Å². The number of amides is 1. The molecule has 2 aromatic carbocycles. The van der Waals surface area contributed by atoms with Crippen molar-refractivity contribution in [3.05, 3.63) is 70.3 Å². The topological polar surface area (TPSA) is 129 Å². The number of nitrogens with zero attached hydrogens (tertiary/aromatic N) is 4. The molecule has 15 heteroatoms. The van der Waals surface area contributed by atoms with Crippen molar-refractivity contribution in [2.45, 2.75) is 75.9 Å². The Kier molecular flexibility index (Phi) is 12.5. The number of halogens is 1. The van der Waals surface area contributed by atoms with Gasteiger partial charge < -0.3 is 14.4 Å². The van der Waals surface area contributed by atoms with Crippen LogP contribution in [0.5, 0.6) is 5.75 Å². The summed E-state index contributed by atoms with van der Waals surface area (Å²) in [5, 5.41) is -0.134. The van der Waals surface area contributed by atoms with Crippen molar-refractivity contribution in [1.29, 1.82) is 0 Å². The normalized spacial score (nSPS) is 31.6. The van der Waals surface area contributed by atoms with Crippen molar-refractivity contribution < 1.29 is 31.1 Å². The number of carbonyl (C=O) groups is 1. The van der Waals surface area contributed by atoms with Gasteiger partial charge >= 0.3 is 0 Å². The highest BCUT2D eigenvalue weighted by Crippen LogP contribution is 2.47. The van der Waals surface area contributed by atoms with Crippen molar-refractivity contribution >= 4 is 43.2 Å². The average Bonchev–Trinajstić information content (AvgIpc) is 3.18. The maximum absolute atomic E-state index is 13.7. The third-order valence-electron chi connectivity index (χ3n) is 13.2. The first-order valence-electron chi connectivity index (χ1n) is 20.1. The molecular formula is C41H58ClN5O7S2. The standard InChI is InChI=1S/C41H58ClN5O7S2/c1-29-8-7-16-41(53-3,28-44-18-19-45-20-21-47(55(4,49)50)26-36(45)25-44)37-14-11-33(37)24-46-17-6-5-9-31-22-35(42)13-10-34(31)27-54-39-15-12-32(23-38(39)46)40(48)43-56(51,52)30(29)2/h7,10,12-13,15-16,22-23,29-30,33,36-37H,5-6,8-9,11,14,17-21,24-28H2,1-4H3,(H,43,48)/b16-7+/t29-,30+,33-,36-,37+,41+/m0/s1. The first kappa shape index (κ1) is 41.4. The van der Waals surface area contributed by atoms with Gasteiger partial charge in [-0.15, -0.1) is 0 Å². The second kappa shape index (κ2) is 16.9. The number of fused-ring (bicyclic) bond motifs is 4. The summed E-state index contributed by atoms with van der Waals surface area (Å²) < 4.78 is 69.5. The van der Waals surface area contributed by atoms with Crippen LogP contribution in [-0.4, -0.2) is 126 Å². The van der Waals surface area contributed by atoms with Gasteiger partial charge in [-0.1, -0.05) is 36.7 Å². The first-order chi connectivity index (χ1) is 26.7. The summed E-state index contributed by atoms with van der Waals surface area (Å²) in [7, 11) is -5.50. The number of methoxy groups -OCH3 is 1. The number of sulfonamides is 2. The number of aryl methyl sites for hydroxylation is 1. The summed E-state index contributed by atoms with van der Waals surface area (Å²) in [5.41, 5.74) is 2.61. The SMILES string of the molecule is CO[C@@]1(CN2CCN3CCN(S(C)(=O)=O)C[C@@H]3C2)/C=C/C[C@H](C)[C@@H](C)S(=O)(=O)NC(=O)c2ccc3c(c2)N(CCCCc2cc(Cl)ccc2CO3)C[C@@H]2CC[C@H]21. The maximum Gasteiger partial charge on any atom is 0.264 e. The van der Waals surface area contributed by atoms with Crippen molar-refractivity contribution in [2.24, 2.45) is 17.8 Å². The van der Waals surface area contributed by atoms with Crippen LogP contribution >= 0.6 is 11.6 Å². The maximum atomic E-state index is 13.7. The van der Waals surface area contributed by atoms with E-state index in [-0.39, 0.29) is 29.4 Å². The Hall–Kier alpha value is -2.72. The number of rotatable bonds is 4. The monoisotopic (exact) mass is 831 g/mol. The molecule has 0 spiro atoms. The molecule has 308 valence electrons. The predicted molar refractivity (Wildman–Crippen MR) is 220 cm³/mol. The quantitative estimate of drug-likeness (QED) is 0.431. The fraction of sp³-hybridized carbons (Fsp3) is 0.634. The molecule has 5 aliphatic rings. The fourth-order valence-corrected chi connectivity index (χ4v) is 11.8. The highest BCUT2D eigenvalue weighted by molar-refractivity contribution is 7.90. The second-order valence-corrected chi connectivity index (χ2v) is 21.2. The van der Waals surface area contributed by atoms with Gasteiger partial charge in [-0.05, 0) is 105 Å². The van der Waals surface area contributed by atoms with Crippen molar-refractivity contribution in [1.82, 2.24) is 18.8 Å². The average molecular weight is 833 g/mol. The number of anilines is 1. The molecule has 7 rings (SSSR count). The lowest BCUT2D eigenvalue weighted by molar-refractivity contribution is -0.101. The van der Waals surface area contributed by atoms with Crippen LogP contribution in [0.4, 0.5) is 5.69 Å². The minimum Gasteiger partial charge on any atom is -0.487 e. The Labute approximate surface area is 338 Å². The molecule has 2 aromatic rings. The zero-order chi connectivity index (χ0) is 39.8. The van der Waals surface area contributed by atoms with Gasteiger partial charge in [0.1, 0.15) is 18.0 Å². The molecule has 56 heavy (non-hydrogen) atoms. The molecule has 4 aliphatic heterocycles. The van der Waals surface area contributed by atoms with E-state index in [1.807, 2.05) is 25.1 Å². The van der Waals surface area contributed by atoms with Gasteiger partial charge in [-0.25, -0.2) is 21.6 Å². The van der Waals surface area contributed by atoms with Crippen LogP contribution in [-0.2, 0) is 37.8 Å². The summed E-state index contributed by atoms with van der Waals surface area (Å²) in [6.07, 6.45) is 10.8. The lowest BCUT2D eigenvalue weighted by Crippen LogP contribution is -2.65. The Morgan fingerprint density at radius 1 is 0.982 bits per heavy atom. The molecule has 1 aliphatic carbocycles. The second-order valence-electron chi connectivity index (χ2n) is 16.7. The molecule has 4 heterocycles. The van der Waals surface area contributed by atoms with Crippen LogP contribution in [0.1, 0.15) is 67.4 Å². The van der Waals surface area contributed by atoms with Gasteiger partial charge in [0.05, 0.1) is 17.2 Å². The van der Waals surface area contributed by atoms with E-state index in [1.54, 1.807) is 36.5 Å². The molecule has 3 fully saturated rings. The lowest BCUT2D eigenvalue weighted by atomic mass is 9.63. The van der Waals surface area contributed by atoms with E-state index >= 15 is 0 Å². The lowest BCUT2D eigenvalue weighted by Gasteiger charge is -2.53. The minimum atomic E-state index is -4.01. The van der Waals surface area contributed by atoms with Gasteiger partial charge in [0, 0.05) is 82.6 Å². The number of hydrogen-bond donors (Lipinski definition) is 1. The van der Waals surface area contributed by atoms with Crippen LogP contribution in [0.15, 0.2) is 48.6 Å². The molecule has 1 N–H and O–H groups in total. The van der Waals surface area contributed by atoms with Crippen molar-refractivity contribution in [3.63, 3.8) is 0 Å². The predicted octanol–water partition coefficient (Wildman–Crippen LogP) is 4.78. The summed E-state index contributed by atoms with van der Waals surface area (Å²) in [4.78, 5) is 20.8. The van der Waals surface area contributed by atoms with Gasteiger partial charge in [-0.2, -0.15) is 4.31 Å². The fourth-order valence-electron chi connectivity index (χ4n) is 9.42. The number of benzene rings is 2. The summed E-state index contributed by atoms with van der Waals surface area (Å²) in [6, 6.07) is 11.2. The Balaban J connectivity index is 1.23. The van der Waals surface area contributed by atoms with E-state index in [1.165, 1.54) is 6.26 Å². The summed E-state index contributed by atoms with van der Waals surface area (Å²) in [6.45, 7) is 10.2. The van der Waals surface area contributed by atoms with Crippen LogP contribution in [0.3, 0.4) is 0 Å². The summed E-state index contributed by atoms with van der Waals surface area (Å²) in [5.74, 6) is 0.148. The Bertz CT molecular complexity index is 2020. The van der Waals surface area contributed by atoms with E-state index < -0.39 is 36.8 Å². The Morgan fingerprint density at radius 3 is 2.54 bits per heavy atom. The molecule has 12 nitrogen and oxygen atoms in total. The number of ether oxygens (including phenoxy) is 2. The largest absolute Gasteiger partial charge is 0.487 e. The molecule has 2 saturated heterocycles. The molecule has 6 atom stereocenters. The van der Waals surface area contributed by atoms with Crippen LogP contribution in [0.25, 0.3) is 0 Å². The number of hydrogen-bond acceptors (Lipinski definition) is 10. The molecular weight excluding hydrogens is 774 g/mol. The van der Waals surface area contributed by atoms with Crippen molar-refractivity contribution in [2.75, 3.05) is 77.2 Å². The smallest absolute Gasteiger partial charge is 0.264 e. The highest BCUT2D eigenvalue weighted by atomic mass is 35.5. The van der Waals surface area contributed by atoms with E-state index in [0.29, 0.717) is 43.4 Å². The highest BCUT2D eigenvalue weighted by Gasteiger charge is 2.49. The number of carbonyl (C=O) groups excluding carboxylic acids is 1. The van der Waals surface area contributed by atoms with E-state index in [2.05, 4.69) is 31.6 Å².